The second-order valence-corrected chi connectivity index (χ2v) is 5.76. The maximum atomic E-state index is 12.3. The van der Waals surface area contributed by atoms with Crippen molar-refractivity contribution >= 4 is 0 Å². The van der Waals surface area contributed by atoms with E-state index in [-0.39, 0.29) is 11.8 Å². The number of fused-ring (bicyclic) bond motifs is 1. The van der Waals surface area contributed by atoms with Crippen LogP contribution in [0, 0.1) is 11.8 Å². The highest BCUT2D eigenvalue weighted by molar-refractivity contribution is 5.30. The molecule has 2 saturated heterocycles. The van der Waals surface area contributed by atoms with Crippen LogP contribution in [-0.2, 0) is 0 Å². The molecule has 0 aliphatic carbocycles. The molecule has 2 aliphatic rings. The van der Waals surface area contributed by atoms with Gasteiger partial charge in [-0.1, -0.05) is 12.1 Å². The van der Waals surface area contributed by atoms with Crippen molar-refractivity contribution in [2.45, 2.75) is 19.6 Å². The number of nitrogens with zero attached hydrogens (tertiary/aromatic N) is 1. The van der Waals surface area contributed by atoms with E-state index in [0.29, 0.717) is 0 Å². The molecule has 0 amide bonds. The predicted octanol–water partition coefficient (Wildman–Crippen LogP) is 2.50. The Morgan fingerprint density at radius 1 is 1.25 bits per heavy atom. The van der Waals surface area contributed by atoms with Gasteiger partial charge in [0.15, 0.2) is 0 Å². The fraction of sp³-hybridized carbons (Fsp3) is 0.600. The van der Waals surface area contributed by atoms with Crippen LogP contribution in [0.15, 0.2) is 24.3 Å². The van der Waals surface area contributed by atoms with E-state index >= 15 is 0 Å². The highest BCUT2D eigenvalue weighted by atomic mass is 19.3. The third kappa shape index (κ3) is 2.79. The summed E-state index contributed by atoms with van der Waals surface area (Å²) in [5.74, 6) is 1.71. The Bertz CT molecular complexity index is 457. The summed E-state index contributed by atoms with van der Waals surface area (Å²) in [7, 11) is 0. The molecular formula is C15H20F2N2O. The molecule has 1 N–H and O–H groups in total. The summed E-state index contributed by atoms with van der Waals surface area (Å²) in [5.41, 5.74) is 1.04. The van der Waals surface area contributed by atoms with Gasteiger partial charge in [-0.25, -0.2) is 0 Å². The summed E-state index contributed by atoms with van der Waals surface area (Å²) in [6, 6.07) is 7.30. The molecule has 3 atom stereocenters. The van der Waals surface area contributed by atoms with Crippen molar-refractivity contribution in [3.05, 3.63) is 29.8 Å². The lowest BCUT2D eigenvalue weighted by atomic mass is 10.0. The van der Waals surface area contributed by atoms with Gasteiger partial charge in [-0.3, -0.25) is 4.90 Å². The van der Waals surface area contributed by atoms with E-state index in [1.54, 1.807) is 18.2 Å². The van der Waals surface area contributed by atoms with Crippen LogP contribution in [0.25, 0.3) is 0 Å². The number of hydrogen-bond donors (Lipinski definition) is 1. The standard InChI is InChI=1S/C15H20F2N2O/c1-10(19-8-12-6-18-7-13(12)9-19)11-3-2-4-14(5-11)20-15(16)17/h2-5,10,12-13,15,18H,6-9H2,1H3. The predicted molar refractivity (Wildman–Crippen MR) is 72.9 cm³/mol. The van der Waals surface area contributed by atoms with Crippen LogP contribution in [0.2, 0.25) is 0 Å². The van der Waals surface area contributed by atoms with Gasteiger partial charge in [0.05, 0.1) is 0 Å². The zero-order valence-corrected chi connectivity index (χ0v) is 11.6. The molecule has 1 aromatic carbocycles. The number of likely N-dealkylation sites (tertiary alicyclic amines) is 1. The van der Waals surface area contributed by atoms with Gasteiger partial charge in [-0.05, 0) is 49.5 Å². The number of alkyl halides is 2. The normalized spacial score (nSPS) is 27.8. The molecule has 0 bridgehead atoms. The zero-order chi connectivity index (χ0) is 14.1. The Labute approximate surface area is 117 Å². The first kappa shape index (κ1) is 13.8. The summed E-state index contributed by atoms with van der Waals surface area (Å²) in [4.78, 5) is 2.44. The van der Waals surface area contributed by atoms with E-state index in [2.05, 4.69) is 21.9 Å². The van der Waals surface area contributed by atoms with Crippen LogP contribution in [0.1, 0.15) is 18.5 Å². The second-order valence-electron chi connectivity index (χ2n) is 5.76. The summed E-state index contributed by atoms with van der Waals surface area (Å²) in [5, 5.41) is 3.42. The molecule has 2 fully saturated rings. The SMILES string of the molecule is CC(c1cccc(OC(F)F)c1)N1CC2CNCC2C1. The van der Waals surface area contributed by atoms with Gasteiger partial charge in [0.2, 0.25) is 0 Å². The van der Waals surface area contributed by atoms with E-state index in [1.165, 1.54) is 0 Å². The molecule has 1 aromatic rings. The van der Waals surface area contributed by atoms with Crippen LogP contribution in [0.4, 0.5) is 8.78 Å². The van der Waals surface area contributed by atoms with Gasteiger partial charge in [0.25, 0.3) is 0 Å². The lowest BCUT2D eigenvalue weighted by molar-refractivity contribution is -0.0499. The van der Waals surface area contributed by atoms with Gasteiger partial charge in [0, 0.05) is 19.1 Å². The minimum absolute atomic E-state index is 0.238. The number of rotatable bonds is 4. The molecule has 20 heavy (non-hydrogen) atoms. The van der Waals surface area contributed by atoms with Gasteiger partial charge in [0.1, 0.15) is 5.75 Å². The van der Waals surface area contributed by atoms with Crippen LogP contribution >= 0.6 is 0 Å². The number of halogens is 2. The molecule has 0 saturated carbocycles. The molecular weight excluding hydrogens is 262 g/mol. The monoisotopic (exact) mass is 282 g/mol. The molecule has 3 nitrogen and oxygen atoms in total. The van der Waals surface area contributed by atoms with Gasteiger partial charge in [-0.15, -0.1) is 0 Å². The van der Waals surface area contributed by atoms with Crippen molar-refractivity contribution in [3.8, 4) is 5.75 Å². The maximum Gasteiger partial charge on any atom is 0.387 e. The fourth-order valence-electron chi connectivity index (χ4n) is 3.37. The van der Waals surface area contributed by atoms with Gasteiger partial charge >= 0.3 is 6.61 Å². The zero-order valence-electron chi connectivity index (χ0n) is 11.6. The Morgan fingerprint density at radius 3 is 2.60 bits per heavy atom. The summed E-state index contributed by atoms with van der Waals surface area (Å²) < 4.78 is 29.0. The Morgan fingerprint density at radius 2 is 1.95 bits per heavy atom. The van der Waals surface area contributed by atoms with E-state index in [4.69, 9.17) is 0 Å². The topological polar surface area (TPSA) is 24.5 Å². The molecule has 2 aliphatic heterocycles. The molecule has 3 rings (SSSR count). The van der Waals surface area contributed by atoms with E-state index in [9.17, 15) is 8.78 Å². The third-order valence-corrected chi connectivity index (χ3v) is 4.53. The average molecular weight is 282 g/mol. The molecule has 3 unspecified atom stereocenters. The Kier molecular flexibility index (Phi) is 3.89. The largest absolute Gasteiger partial charge is 0.435 e. The first-order chi connectivity index (χ1) is 9.63. The second kappa shape index (κ2) is 5.66. The first-order valence-electron chi connectivity index (χ1n) is 7.13. The van der Waals surface area contributed by atoms with E-state index in [1.807, 2.05) is 6.07 Å². The highest BCUT2D eigenvalue weighted by Crippen LogP contribution is 2.33. The fourth-order valence-corrected chi connectivity index (χ4v) is 3.37. The van der Waals surface area contributed by atoms with E-state index < -0.39 is 6.61 Å². The third-order valence-electron chi connectivity index (χ3n) is 4.53. The minimum Gasteiger partial charge on any atom is -0.435 e. The molecule has 0 radical (unpaired) electrons. The summed E-state index contributed by atoms with van der Waals surface area (Å²) in [6.45, 7) is 3.73. The van der Waals surface area contributed by atoms with Crippen molar-refractivity contribution < 1.29 is 13.5 Å². The summed E-state index contributed by atoms with van der Waals surface area (Å²) >= 11 is 0. The van der Waals surface area contributed by atoms with Crippen molar-refractivity contribution in [1.82, 2.24) is 10.2 Å². The average Bonchev–Trinajstić information content (AvgIpc) is 2.98. The van der Waals surface area contributed by atoms with Gasteiger partial charge < -0.3 is 10.1 Å². The maximum absolute atomic E-state index is 12.3. The Hall–Kier alpha value is -1.20. The number of benzene rings is 1. The van der Waals surface area contributed by atoms with Crippen molar-refractivity contribution in [3.63, 3.8) is 0 Å². The molecule has 0 aromatic heterocycles. The van der Waals surface area contributed by atoms with Crippen molar-refractivity contribution in [2.24, 2.45) is 11.8 Å². The quantitative estimate of drug-likeness (QED) is 0.918. The number of ether oxygens (including phenoxy) is 1. The highest BCUT2D eigenvalue weighted by Gasteiger charge is 2.37. The first-order valence-corrected chi connectivity index (χ1v) is 7.13. The molecule has 110 valence electrons. The Balaban J connectivity index is 1.69. The minimum atomic E-state index is -2.77. The van der Waals surface area contributed by atoms with Crippen molar-refractivity contribution in [1.29, 1.82) is 0 Å². The molecule has 0 spiro atoms. The lowest BCUT2D eigenvalue weighted by Gasteiger charge is -2.26. The number of hydrogen-bond acceptors (Lipinski definition) is 3. The smallest absolute Gasteiger partial charge is 0.387 e. The lowest BCUT2D eigenvalue weighted by Crippen LogP contribution is -2.28. The summed E-state index contributed by atoms with van der Waals surface area (Å²) in [6.07, 6.45) is 0. The van der Waals surface area contributed by atoms with E-state index in [0.717, 1.165) is 43.6 Å². The molecule has 2 heterocycles. The van der Waals surface area contributed by atoms with Crippen molar-refractivity contribution in [2.75, 3.05) is 26.2 Å². The van der Waals surface area contributed by atoms with Gasteiger partial charge in [-0.2, -0.15) is 8.78 Å². The van der Waals surface area contributed by atoms with Crippen LogP contribution in [0.3, 0.4) is 0 Å². The molecule has 5 heteroatoms. The number of nitrogens with one attached hydrogen (secondary N) is 1. The van der Waals surface area contributed by atoms with Crippen LogP contribution in [0.5, 0.6) is 5.75 Å². The van der Waals surface area contributed by atoms with Crippen LogP contribution in [-0.4, -0.2) is 37.7 Å². The van der Waals surface area contributed by atoms with Crippen LogP contribution < -0.4 is 10.1 Å².